The lowest BCUT2D eigenvalue weighted by Crippen LogP contribution is -2.33. The van der Waals surface area contributed by atoms with Gasteiger partial charge in [0.05, 0.1) is 0 Å². The molecule has 0 aliphatic heterocycles. The highest BCUT2D eigenvalue weighted by molar-refractivity contribution is 6.30. The highest BCUT2D eigenvalue weighted by Crippen LogP contribution is 2.13. The smallest absolute Gasteiger partial charge is 0.321 e. The van der Waals surface area contributed by atoms with Crippen molar-refractivity contribution in [2.24, 2.45) is 0 Å². The Morgan fingerprint density at radius 2 is 1.78 bits per heavy atom. The van der Waals surface area contributed by atoms with Crippen LogP contribution in [0.1, 0.15) is 6.42 Å². The molecule has 2 amide bonds. The molecule has 0 radical (unpaired) electrons. The van der Waals surface area contributed by atoms with Crippen LogP contribution in [-0.2, 0) is 0 Å². The highest BCUT2D eigenvalue weighted by Gasteiger charge is 2.08. The van der Waals surface area contributed by atoms with Crippen molar-refractivity contribution in [1.82, 2.24) is 9.80 Å². The second-order valence-corrected chi connectivity index (χ2v) is 4.95. The average molecular weight is 270 g/mol. The Morgan fingerprint density at radius 3 is 2.33 bits per heavy atom. The van der Waals surface area contributed by atoms with Crippen LogP contribution < -0.4 is 5.32 Å². The van der Waals surface area contributed by atoms with Gasteiger partial charge in [-0.1, -0.05) is 11.6 Å². The number of hydrogen-bond donors (Lipinski definition) is 1. The lowest BCUT2D eigenvalue weighted by molar-refractivity contribution is 0.220. The van der Waals surface area contributed by atoms with E-state index < -0.39 is 0 Å². The first-order chi connectivity index (χ1) is 8.49. The Morgan fingerprint density at radius 1 is 1.17 bits per heavy atom. The predicted octanol–water partition coefficient (Wildman–Crippen LogP) is 2.76. The molecular weight excluding hydrogens is 250 g/mol. The van der Waals surface area contributed by atoms with Gasteiger partial charge in [-0.15, -0.1) is 0 Å². The van der Waals surface area contributed by atoms with Crippen LogP contribution in [0.15, 0.2) is 24.3 Å². The van der Waals surface area contributed by atoms with Gasteiger partial charge in [-0.25, -0.2) is 4.79 Å². The summed E-state index contributed by atoms with van der Waals surface area (Å²) in [4.78, 5) is 15.6. The number of hydrogen-bond acceptors (Lipinski definition) is 2. The van der Waals surface area contributed by atoms with Crippen molar-refractivity contribution in [1.29, 1.82) is 0 Å². The van der Waals surface area contributed by atoms with Gasteiger partial charge in [0.1, 0.15) is 0 Å². The number of halogens is 1. The summed E-state index contributed by atoms with van der Waals surface area (Å²) in [7, 11) is 5.84. The zero-order chi connectivity index (χ0) is 13.5. The van der Waals surface area contributed by atoms with Gasteiger partial charge in [-0.3, -0.25) is 0 Å². The van der Waals surface area contributed by atoms with E-state index in [1.165, 1.54) is 0 Å². The molecule has 1 N–H and O–H groups in total. The highest BCUT2D eigenvalue weighted by atomic mass is 35.5. The number of rotatable bonds is 5. The van der Waals surface area contributed by atoms with Gasteiger partial charge >= 0.3 is 6.03 Å². The second kappa shape index (κ2) is 7.24. The molecule has 0 aliphatic carbocycles. The van der Waals surface area contributed by atoms with Crippen molar-refractivity contribution in [3.05, 3.63) is 29.3 Å². The number of amides is 2. The average Bonchev–Trinajstić information content (AvgIpc) is 2.31. The van der Waals surface area contributed by atoms with Crippen molar-refractivity contribution in [3.8, 4) is 0 Å². The third-order valence-corrected chi connectivity index (χ3v) is 2.79. The van der Waals surface area contributed by atoms with Crippen LogP contribution in [-0.4, -0.2) is 50.1 Å². The quantitative estimate of drug-likeness (QED) is 0.892. The molecule has 0 heterocycles. The summed E-state index contributed by atoms with van der Waals surface area (Å²) in [5, 5.41) is 3.48. The second-order valence-electron chi connectivity index (χ2n) is 4.52. The third kappa shape index (κ3) is 5.38. The van der Waals surface area contributed by atoms with Gasteiger partial charge in [0, 0.05) is 24.3 Å². The topological polar surface area (TPSA) is 35.6 Å². The van der Waals surface area contributed by atoms with E-state index in [4.69, 9.17) is 11.6 Å². The van der Waals surface area contributed by atoms with Crippen LogP contribution in [0.4, 0.5) is 10.5 Å². The fourth-order valence-corrected chi connectivity index (χ4v) is 1.60. The van der Waals surface area contributed by atoms with E-state index in [2.05, 4.69) is 10.2 Å². The molecule has 1 rings (SSSR count). The van der Waals surface area contributed by atoms with Crippen LogP contribution in [0.3, 0.4) is 0 Å². The SMILES string of the molecule is CN(C)CCCN(C)C(=O)Nc1ccc(Cl)cc1. The number of nitrogens with one attached hydrogen (secondary N) is 1. The number of nitrogens with zero attached hydrogens (tertiary/aromatic N) is 2. The Bertz CT molecular complexity index is 378. The van der Waals surface area contributed by atoms with Crippen LogP contribution in [0.25, 0.3) is 0 Å². The molecule has 18 heavy (non-hydrogen) atoms. The predicted molar refractivity (Wildman–Crippen MR) is 76.3 cm³/mol. The number of anilines is 1. The van der Waals surface area contributed by atoms with Crippen molar-refractivity contribution in [3.63, 3.8) is 0 Å². The first kappa shape index (κ1) is 14.8. The van der Waals surface area contributed by atoms with E-state index in [0.29, 0.717) is 5.02 Å². The van der Waals surface area contributed by atoms with Gasteiger partial charge in [0.15, 0.2) is 0 Å². The zero-order valence-corrected chi connectivity index (χ0v) is 11.9. The summed E-state index contributed by atoms with van der Waals surface area (Å²) >= 11 is 5.78. The Kier molecular flexibility index (Phi) is 5.95. The number of urea groups is 1. The van der Waals surface area contributed by atoms with Crippen molar-refractivity contribution in [2.45, 2.75) is 6.42 Å². The fourth-order valence-electron chi connectivity index (χ4n) is 1.48. The van der Waals surface area contributed by atoms with Gasteiger partial charge < -0.3 is 15.1 Å². The summed E-state index contributed by atoms with van der Waals surface area (Å²) < 4.78 is 0. The number of benzene rings is 1. The zero-order valence-electron chi connectivity index (χ0n) is 11.1. The molecule has 0 fully saturated rings. The van der Waals surface area contributed by atoms with Gasteiger partial charge in [0.25, 0.3) is 0 Å². The summed E-state index contributed by atoms with van der Waals surface area (Å²) in [6.45, 7) is 1.70. The molecule has 5 heteroatoms. The molecule has 0 spiro atoms. The molecule has 0 unspecified atom stereocenters. The first-order valence-corrected chi connectivity index (χ1v) is 6.29. The summed E-state index contributed by atoms with van der Waals surface area (Å²) in [6.07, 6.45) is 0.956. The van der Waals surface area contributed by atoms with E-state index in [9.17, 15) is 4.79 Å². The van der Waals surface area contributed by atoms with E-state index in [1.54, 1.807) is 36.2 Å². The van der Waals surface area contributed by atoms with Gasteiger partial charge in [-0.2, -0.15) is 0 Å². The van der Waals surface area contributed by atoms with Crippen LogP contribution >= 0.6 is 11.6 Å². The Balaban J connectivity index is 2.37. The maximum Gasteiger partial charge on any atom is 0.321 e. The minimum atomic E-state index is -0.101. The minimum absolute atomic E-state index is 0.101. The molecule has 0 atom stereocenters. The number of carbonyl (C=O) groups excluding carboxylic acids is 1. The van der Waals surface area contributed by atoms with Crippen molar-refractivity contribution in [2.75, 3.05) is 39.5 Å². The van der Waals surface area contributed by atoms with E-state index in [-0.39, 0.29) is 6.03 Å². The minimum Gasteiger partial charge on any atom is -0.328 e. The molecule has 0 bridgehead atoms. The monoisotopic (exact) mass is 269 g/mol. The first-order valence-electron chi connectivity index (χ1n) is 5.91. The Hall–Kier alpha value is -1.26. The standard InChI is InChI=1S/C13H20ClN3O/c1-16(2)9-4-10-17(3)13(18)15-12-7-5-11(14)6-8-12/h5-8H,4,9-10H2,1-3H3,(H,15,18). The molecular formula is C13H20ClN3O. The summed E-state index contributed by atoms with van der Waals surface area (Å²) in [5.74, 6) is 0. The van der Waals surface area contributed by atoms with E-state index in [0.717, 1.165) is 25.2 Å². The summed E-state index contributed by atoms with van der Waals surface area (Å²) in [5.41, 5.74) is 0.754. The lowest BCUT2D eigenvalue weighted by atomic mass is 10.3. The Labute approximate surface area is 114 Å². The number of carbonyl (C=O) groups is 1. The molecule has 0 aliphatic rings. The third-order valence-electron chi connectivity index (χ3n) is 2.54. The van der Waals surface area contributed by atoms with Crippen LogP contribution in [0.2, 0.25) is 5.02 Å². The van der Waals surface area contributed by atoms with Crippen molar-refractivity contribution >= 4 is 23.3 Å². The molecule has 100 valence electrons. The van der Waals surface area contributed by atoms with E-state index in [1.807, 2.05) is 14.1 Å². The molecule has 0 saturated heterocycles. The molecule has 4 nitrogen and oxygen atoms in total. The fraction of sp³-hybridized carbons (Fsp3) is 0.462. The summed E-state index contributed by atoms with van der Waals surface area (Å²) in [6, 6.07) is 6.98. The van der Waals surface area contributed by atoms with Gasteiger partial charge in [0.2, 0.25) is 0 Å². The van der Waals surface area contributed by atoms with E-state index >= 15 is 0 Å². The van der Waals surface area contributed by atoms with Crippen LogP contribution in [0, 0.1) is 0 Å². The largest absolute Gasteiger partial charge is 0.328 e. The maximum atomic E-state index is 11.8. The maximum absolute atomic E-state index is 11.8. The van der Waals surface area contributed by atoms with Gasteiger partial charge in [-0.05, 0) is 51.3 Å². The molecule has 1 aromatic rings. The van der Waals surface area contributed by atoms with Crippen LogP contribution in [0.5, 0.6) is 0 Å². The normalized spacial score (nSPS) is 10.5. The van der Waals surface area contributed by atoms with Crippen molar-refractivity contribution < 1.29 is 4.79 Å². The lowest BCUT2D eigenvalue weighted by Gasteiger charge is -2.19. The molecule has 0 aromatic heterocycles. The molecule has 0 saturated carbocycles. The molecule has 1 aromatic carbocycles.